The van der Waals surface area contributed by atoms with Gasteiger partial charge in [0.05, 0.1) is 12.2 Å². The van der Waals surface area contributed by atoms with Gasteiger partial charge in [-0.05, 0) is 37.0 Å². The second kappa shape index (κ2) is 6.02. The lowest BCUT2D eigenvalue weighted by atomic mass is 9.92. The number of nitrogens with zero attached hydrogens (tertiary/aromatic N) is 2. The number of halogens is 1. The lowest BCUT2D eigenvalue weighted by Gasteiger charge is -2.23. The molecule has 0 fully saturated rings. The van der Waals surface area contributed by atoms with E-state index in [-0.39, 0.29) is 11.9 Å². The van der Waals surface area contributed by atoms with Crippen LogP contribution in [0.1, 0.15) is 46.1 Å². The fourth-order valence-electron chi connectivity index (χ4n) is 2.84. The SMILES string of the molecule is Cn1ncc2c1CCCC2NC(=O)c1ccc(CBr)cc1. The van der Waals surface area contributed by atoms with Crippen LogP contribution in [0.25, 0.3) is 0 Å². The van der Waals surface area contributed by atoms with Crippen molar-refractivity contribution in [1.29, 1.82) is 0 Å². The Morgan fingerprint density at radius 2 is 2.19 bits per heavy atom. The molecule has 1 heterocycles. The van der Waals surface area contributed by atoms with E-state index < -0.39 is 0 Å². The van der Waals surface area contributed by atoms with E-state index >= 15 is 0 Å². The Hall–Kier alpha value is -1.62. The first kappa shape index (κ1) is 14.3. The third kappa shape index (κ3) is 2.88. The lowest BCUT2D eigenvalue weighted by Crippen LogP contribution is -2.30. The highest BCUT2D eigenvalue weighted by Gasteiger charge is 2.24. The molecule has 0 saturated heterocycles. The van der Waals surface area contributed by atoms with E-state index in [0.717, 1.165) is 30.2 Å². The molecule has 1 unspecified atom stereocenters. The molecule has 21 heavy (non-hydrogen) atoms. The van der Waals surface area contributed by atoms with Gasteiger partial charge in [-0.25, -0.2) is 0 Å². The molecular weight excluding hydrogens is 330 g/mol. The molecule has 4 nitrogen and oxygen atoms in total. The Morgan fingerprint density at radius 1 is 1.43 bits per heavy atom. The van der Waals surface area contributed by atoms with E-state index in [9.17, 15) is 4.79 Å². The van der Waals surface area contributed by atoms with Crippen LogP contribution in [0.5, 0.6) is 0 Å². The van der Waals surface area contributed by atoms with Gasteiger partial charge in [0.1, 0.15) is 0 Å². The molecule has 1 aromatic heterocycles. The fourth-order valence-corrected chi connectivity index (χ4v) is 3.22. The molecule has 1 aliphatic rings. The Morgan fingerprint density at radius 3 is 2.90 bits per heavy atom. The van der Waals surface area contributed by atoms with Crippen molar-refractivity contribution < 1.29 is 4.79 Å². The van der Waals surface area contributed by atoms with E-state index in [1.54, 1.807) is 0 Å². The first-order valence-electron chi connectivity index (χ1n) is 7.15. The largest absolute Gasteiger partial charge is 0.345 e. The predicted molar refractivity (Wildman–Crippen MR) is 85.4 cm³/mol. The summed E-state index contributed by atoms with van der Waals surface area (Å²) in [6.45, 7) is 0. The van der Waals surface area contributed by atoms with Crippen LogP contribution >= 0.6 is 15.9 Å². The first-order valence-corrected chi connectivity index (χ1v) is 8.27. The van der Waals surface area contributed by atoms with E-state index in [0.29, 0.717) is 5.56 Å². The molecule has 1 atom stereocenters. The third-order valence-corrected chi connectivity index (χ3v) is 4.70. The summed E-state index contributed by atoms with van der Waals surface area (Å²) < 4.78 is 1.92. The number of carbonyl (C=O) groups is 1. The van der Waals surface area contributed by atoms with Crippen molar-refractivity contribution in [3.8, 4) is 0 Å². The molecule has 0 bridgehead atoms. The molecule has 0 radical (unpaired) electrons. The zero-order valence-corrected chi connectivity index (χ0v) is 13.6. The maximum atomic E-state index is 12.4. The number of carbonyl (C=O) groups excluding carboxylic acids is 1. The Bertz CT molecular complexity index is 648. The van der Waals surface area contributed by atoms with Crippen molar-refractivity contribution in [3.63, 3.8) is 0 Å². The van der Waals surface area contributed by atoms with Gasteiger partial charge in [-0.15, -0.1) is 0 Å². The highest BCUT2D eigenvalue weighted by atomic mass is 79.9. The van der Waals surface area contributed by atoms with Crippen LogP contribution in [0.3, 0.4) is 0 Å². The third-order valence-electron chi connectivity index (χ3n) is 4.05. The van der Waals surface area contributed by atoms with Gasteiger partial charge in [-0.1, -0.05) is 28.1 Å². The van der Waals surface area contributed by atoms with Gasteiger partial charge in [0.25, 0.3) is 5.91 Å². The van der Waals surface area contributed by atoms with E-state index in [2.05, 4.69) is 26.3 Å². The Kier molecular flexibility index (Phi) is 4.10. The fraction of sp³-hybridized carbons (Fsp3) is 0.375. The summed E-state index contributed by atoms with van der Waals surface area (Å²) in [6.07, 6.45) is 4.98. The molecular formula is C16H18BrN3O. The minimum absolute atomic E-state index is 0.0159. The highest BCUT2D eigenvalue weighted by Crippen LogP contribution is 2.29. The van der Waals surface area contributed by atoms with Crippen molar-refractivity contribution in [1.82, 2.24) is 15.1 Å². The van der Waals surface area contributed by atoms with Gasteiger partial charge in [0, 0.05) is 29.2 Å². The van der Waals surface area contributed by atoms with Gasteiger partial charge < -0.3 is 5.32 Å². The molecule has 5 heteroatoms. The number of hydrogen-bond donors (Lipinski definition) is 1. The summed E-state index contributed by atoms with van der Waals surface area (Å²) in [4.78, 5) is 12.4. The van der Waals surface area contributed by atoms with Crippen molar-refractivity contribution in [2.24, 2.45) is 7.05 Å². The second-order valence-electron chi connectivity index (χ2n) is 5.42. The first-order chi connectivity index (χ1) is 10.2. The standard InChI is InChI=1S/C16H18BrN3O/c1-20-15-4-2-3-14(13(15)10-18-20)19-16(21)12-7-5-11(9-17)6-8-12/h5-8,10,14H,2-4,9H2,1H3,(H,19,21). The van der Waals surface area contributed by atoms with Crippen LogP contribution in [0.2, 0.25) is 0 Å². The number of aryl methyl sites for hydroxylation is 1. The van der Waals surface area contributed by atoms with E-state index in [1.165, 1.54) is 11.3 Å². The number of fused-ring (bicyclic) bond motifs is 1. The zero-order chi connectivity index (χ0) is 14.8. The molecule has 110 valence electrons. The van der Waals surface area contributed by atoms with Gasteiger partial charge in [0.2, 0.25) is 0 Å². The predicted octanol–water partition coefficient (Wildman–Crippen LogP) is 3.12. The zero-order valence-electron chi connectivity index (χ0n) is 12.0. The molecule has 2 aromatic rings. The van der Waals surface area contributed by atoms with Gasteiger partial charge in [-0.2, -0.15) is 5.10 Å². The number of amides is 1. The van der Waals surface area contributed by atoms with E-state index in [1.807, 2.05) is 42.2 Å². The van der Waals surface area contributed by atoms with Crippen LogP contribution < -0.4 is 5.32 Å². The maximum absolute atomic E-state index is 12.4. The summed E-state index contributed by atoms with van der Waals surface area (Å²) in [5, 5.41) is 8.25. The summed E-state index contributed by atoms with van der Waals surface area (Å²) in [7, 11) is 1.96. The van der Waals surface area contributed by atoms with Crippen molar-refractivity contribution in [2.45, 2.75) is 30.6 Å². The topological polar surface area (TPSA) is 46.9 Å². The molecule has 1 aromatic carbocycles. The molecule has 1 aliphatic carbocycles. The number of aromatic nitrogens is 2. The Labute approximate surface area is 132 Å². The minimum Gasteiger partial charge on any atom is -0.345 e. The normalized spacial score (nSPS) is 17.3. The molecule has 1 amide bonds. The summed E-state index contributed by atoms with van der Waals surface area (Å²) in [6, 6.07) is 7.77. The average molecular weight is 348 g/mol. The summed E-state index contributed by atoms with van der Waals surface area (Å²) >= 11 is 3.41. The van der Waals surface area contributed by atoms with Crippen LogP contribution in [0.4, 0.5) is 0 Å². The van der Waals surface area contributed by atoms with Crippen LogP contribution in [-0.4, -0.2) is 15.7 Å². The average Bonchev–Trinajstić information content (AvgIpc) is 2.90. The van der Waals surface area contributed by atoms with Crippen LogP contribution in [0, 0.1) is 0 Å². The van der Waals surface area contributed by atoms with Gasteiger partial charge in [-0.3, -0.25) is 9.48 Å². The van der Waals surface area contributed by atoms with Crippen molar-refractivity contribution >= 4 is 21.8 Å². The monoisotopic (exact) mass is 347 g/mol. The molecule has 1 N–H and O–H groups in total. The minimum atomic E-state index is -0.0159. The van der Waals surface area contributed by atoms with Crippen LogP contribution in [0.15, 0.2) is 30.5 Å². The van der Waals surface area contributed by atoms with Crippen molar-refractivity contribution in [2.75, 3.05) is 0 Å². The lowest BCUT2D eigenvalue weighted by molar-refractivity contribution is 0.0932. The van der Waals surface area contributed by atoms with Crippen molar-refractivity contribution in [3.05, 3.63) is 52.8 Å². The van der Waals surface area contributed by atoms with Gasteiger partial charge in [0.15, 0.2) is 0 Å². The molecule has 0 spiro atoms. The summed E-state index contributed by atoms with van der Waals surface area (Å²) in [5.41, 5.74) is 4.27. The molecule has 0 saturated carbocycles. The Balaban J connectivity index is 1.76. The number of alkyl halides is 1. The summed E-state index contributed by atoms with van der Waals surface area (Å²) in [5.74, 6) is -0.0159. The second-order valence-corrected chi connectivity index (χ2v) is 5.98. The quantitative estimate of drug-likeness (QED) is 0.867. The van der Waals surface area contributed by atoms with E-state index in [4.69, 9.17) is 0 Å². The number of nitrogens with one attached hydrogen (secondary N) is 1. The molecule has 3 rings (SSSR count). The number of hydrogen-bond acceptors (Lipinski definition) is 2. The number of rotatable bonds is 3. The van der Waals surface area contributed by atoms with Gasteiger partial charge >= 0.3 is 0 Å². The highest BCUT2D eigenvalue weighted by molar-refractivity contribution is 9.08. The molecule has 0 aliphatic heterocycles. The maximum Gasteiger partial charge on any atom is 0.251 e. The smallest absolute Gasteiger partial charge is 0.251 e. The van der Waals surface area contributed by atoms with Crippen LogP contribution in [-0.2, 0) is 18.8 Å². The number of benzene rings is 1.